The lowest BCUT2D eigenvalue weighted by molar-refractivity contribution is -0.123. The van der Waals surface area contributed by atoms with Crippen molar-refractivity contribution in [3.63, 3.8) is 0 Å². The summed E-state index contributed by atoms with van der Waals surface area (Å²) in [5.41, 5.74) is 0.796. The maximum absolute atomic E-state index is 14.2. The molecule has 166 valence electrons. The zero-order valence-corrected chi connectivity index (χ0v) is 17.8. The number of methoxy groups -OCH3 is 1. The lowest BCUT2D eigenvalue weighted by atomic mass is 10.0. The molecule has 0 radical (unpaired) electrons. The molecule has 0 spiro atoms. The Morgan fingerprint density at radius 3 is 2.56 bits per heavy atom. The number of nitrogens with zero attached hydrogens (tertiary/aromatic N) is 1. The van der Waals surface area contributed by atoms with Gasteiger partial charge in [0, 0.05) is 11.7 Å². The molecule has 7 heteroatoms. The van der Waals surface area contributed by atoms with E-state index in [0.717, 1.165) is 25.7 Å². The SMILES string of the molecule is COc1cccc(C(C(=O)NC2CCCC2)N(C(=O)c2ccco2)c2cccc(F)c2)c1. The number of nitrogens with one attached hydrogen (secondary N) is 1. The average Bonchev–Trinajstić information content (AvgIpc) is 3.51. The van der Waals surface area contributed by atoms with Crippen LogP contribution in [0.1, 0.15) is 47.8 Å². The van der Waals surface area contributed by atoms with Crippen molar-refractivity contribution in [1.29, 1.82) is 0 Å². The molecule has 0 aliphatic heterocycles. The average molecular weight is 436 g/mol. The van der Waals surface area contributed by atoms with Gasteiger partial charge in [0.2, 0.25) is 5.91 Å². The third-order valence-electron chi connectivity index (χ3n) is 5.65. The summed E-state index contributed by atoms with van der Waals surface area (Å²) in [5.74, 6) is -0.800. The lowest BCUT2D eigenvalue weighted by Crippen LogP contribution is -2.46. The second-order valence-electron chi connectivity index (χ2n) is 7.80. The van der Waals surface area contributed by atoms with Crippen LogP contribution < -0.4 is 15.0 Å². The van der Waals surface area contributed by atoms with Crippen LogP contribution in [0.15, 0.2) is 71.3 Å². The quantitative estimate of drug-likeness (QED) is 0.573. The van der Waals surface area contributed by atoms with Gasteiger partial charge in [-0.15, -0.1) is 0 Å². The minimum Gasteiger partial charge on any atom is -0.497 e. The van der Waals surface area contributed by atoms with Crippen LogP contribution in [0.2, 0.25) is 0 Å². The predicted octanol–water partition coefficient (Wildman–Crippen LogP) is 4.87. The molecule has 6 nitrogen and oxygen atoms in total. The van der Waals surface area contributed by atoms with E-state index in [-0.39, 0.29) is 23.4 Å². The van der Waals surface area contributed by atoms with Gasteiger partial charge in [0.25, 0.3) is 5.91 Å². The Bertz CT molecular complexity index is 1080. The summed E-state index contributed by atoms with van der Waals surface area (Å²) in [6.45, 7) is 0. The van der Waals surface area contributed by atoms with E-state index in [4.69, 9.17) is 9.15 Å². The van der Waals surface area contributed by atoms with Crippen LogP contribution in [0.5, 0.6) is 5.75 Å². The van der Waals surface area contributed by atoms with E-state index in [0.29, 0.717) is 11.3 Å². The molecule has 0 bridgehead atoms. The Morgan fingerprint density at radius 1 is 1.09 bits per heavy atom. The van der Waals surface area contributed by atoms with Crippen molar-refractivity contribution in [2.45, 2.75) is 37.8 Å². The highest BCUT2D eigenvalue weighted by Gasteiger charge is 2.36. The van der Waals surface area contributed by atoms with E-state index >= 15 is 0 Å². The molecule has 0 saturated heterocycles. The van der Waals surface area contributed by atoms with Crippen LogP contribution in [-0.2, 0) is 4.79 Å². The monoisotopic (exact) mass is 436 g/mol. The number of furan rings is 1. The molecule has 1 heterocycles. The van der Waals surface area contributed by atoms with Gasteiger partial charge in [-0.05, 0) is 60.9 Å². The topological polar surface area (TPSA) is 71.8 Å². The number of halogens is 1. The molecule has 3 aromatic rings. The van der Waals surface area contributed by atoms with Gasteiger partial charge in [0.1, 0.15) is 17.6 Å². The molecule has 4 rings (SSSR count). The van der Waals surface area contributed by atoms with E-state index in [1.54, 1.807) is 36.4 Å². The summed E-state index contributed by atoms with van der Waals surface area (Å²) >= 11 is 0. The summed E-state index contributed by atoms with van der Waals surface area (Å²) in [4.78, 5) is 28.4. The minimum atomic E-state index is -1.05. The highest BCUT2D eigenvalue weighted by Crippen LogP contribution is 2.32. The molecule has 1 aromatic heterocycles. The zero-order valence-electron chi connectivity index (χ0n) is 17.8. The van der Waals surface area contributed by atoms with Gasteiger partial charge in [-0.2, -0.15) is 0 Å². The molecule has 1 aliphatic carbocycles. The third-order valence-corrected chi connectivity index (χ3v) is 5.65. The van der Waals surface area contributed by atoms with E-state index in [9.17, 15) is 14.0 Å². The number of anilines is 1. The summed E-state index contributed by atoms with van der Waals surface area (Å²) in [7, 11) is 1.53. The second-order valence-corrected chi connectivity index (χ2v) is 7.80. The van der Waals surface area contributed by atoms with Crippen LogP contribution in [0, 0.1) is 5.82 Å². The van der Waals surface area contributed by atoms with Crippen LogP contribution >= 0.6 is 0 Å². The fourth-order valence-electron chi connectivity index (χ4n) is 4.11. The van der Waals surface area contributed by atoms with E-state index in [2.05, 4.69) is 5.32 Å². The minimum absolute atomic E-state index is 0.0451. The van der Waals surface area contributed by atoms with E-state index < -0.39 is 17.8 Å². The number of benzene rings is 2. The standard InChI is InChI=1S/C25H25FN2O4/c1-31-21-12-4-7-17(15-21)23(24(29)27-19-9-2-3-10-19)28(20-11-5-8-18(26)16-20)25(30)22-13-6-14-32-22/h4-8,11-16,19,23H,2-3,9-10H2,1H3,(H,27,29). The van der Waals surface area contributed by atoms with Gasteiger partial charge >= 0.3 is 0 Å². The Labute approximate surface area is 186 Å². The smallest absolute Gasteiger partial charge is 0.294 e. The van der Waals surface area contributed by atoms with Crippen LogP contribution in [-0.4, -0.2) is 25.0 Å². The van der Waals surface area contributed by atoms with Crippen molar-refractivity contribution in [2.24, 2.45) is 0 Å². The summed E-state index contributed by atoms with van der Waals surface area (Å²) in [6.07, 6.45) is 5.27. The van der Waals surface area contributed by atoms with Crippen LogP contribution in [0.4, 0.5) is 10.1 Å². The Hall–Kier alpha value is -3.61. The molecule has 1 fully saturated rings. The predicted molar refractivity (Wildman–Crippen MR) is 118 cm³/mol. The first kappa shape index (κ1) is 21.6. The number of rotatable bonds is 7. The van der Waals surface area contributed by atoms with Crippen molar-refractivity contribution in [3.8, 4) is 5.75 Å². The first-order valence-corrected chi connectivity index (χ1v) is 10.6. The molecule has 2 aromatic carbocycles. The van der Waals surface area contributed by atoms with E-state index in [1.165, 1.54) is 42.5 Å². The van der Waals surface area contributed by atoms with E-state index in [1.807, 2.05) is 0 Å². The highest BCUT2D eigenvalue weighted by atomic mass is 19.1. The van der Waals surface area contributed by atoms with Gasteiger partial charge in [-0.3, -0.25) is 14.5 Å². The van der Waals surface area contributed by atoms with Gasteiger partial charge in [0.15, 0.2) is 5.76 Å². The lowest BCUT2D eigenvalue weighted by Gasteiger charge is -2.32. The summed E-state index contributed by atoms with van der Waals surface area (Å²) < 4.78 is 24.8. The molecule has 1 atom stereocenters. The van der Waals surface area contributed by atoms with Crippen molar-refractivity contribution < 1.29 is 23.1 Å². The largest absolute Gasteiger partial charge is 0.497 e. The second kappa shape index (κ2) is 9.68. The zero-order chi connectivity index (χ0) is 22.5. The molecule has 1 N–H and O–H groups in total. The Morgan fingerprint density at radius 2 is 1.88 bits per heavy atom. The third kappa shape index (κ3) is 4.66. The maximum atomic E-state index is 14.2. The highest BCUT2D eigenvalue weighted by molar-refractivity contribution is 6.08. The van der Waals surface area contributed by atoms with Gasteiger partial charge in [0.05, 0.1) is 13.4 Å². The number of carbonyl (C=O) groups excluding carboxylic acids is 2. The normalized spacial score (nSPS) is 14.7. The fourth-order valence-corrected chi connectivity index (χ4v) is 4.11. The first-order valence-electron chi connectivity index (χ1n) is 10.6. The van der Waals surface area contributed by atoms with Crippen LogP contribution in [0.25, 0.3) is 0 Å². The fraction of sp³-hybridized carbons (Fsp3) is 0.280. The van der Waals surface area contributed by atoms with Crippen molar-refractivity contribution in [2.75, 3.05) is 12.0 Å². The maximum Gasteiger partial charge on any atom is 0.294 e. The Kier molecular flexibility index (Phi) is 6.54. The van der Waals surface area contributed by atoms with Gasteiger partial charge in [-0.1, -0.05) is 31.0 Å². The molecule has 2 amide bonds. The number of hydrogen-bond donors (Lipinski definition) is 1. The van der Waals surface area contributed by atoms with Gasteiger partial charge < -0.3 is 14.5 Å². The molecule has 32 heavy (non-hydrogen) atoms. The molecule has 1 unspecified atom stereocenters. The van der Waals surface area contributed by atoms with Gasteiger partial charge in [-0.25, -0.2) is 4.39 Å². The summed E-state index contributed by atoms with van der Waals surface area (Å²) in [6, 6.07) is 14.7. The molecular weight excluding hydrogens is 411 g/mol. The van der Waals surface area contributed by atoms with Crippen LogP contribution in [0.3, 0.4) is 0 Å². The molecule has 1 aliphatic rings. The molecular formula is C25H25FN2O4. The number of amides is 2. The summed E-state index contributed by atoms with van der Waals surface area (Å²) in [5, 5.41) is 3.08. The van der Waals surface area contributed by atoms with Crippen molar-refractivity contribution >= 4 is 17.5 Å². The van der Waals surface area contributed by atoms with Crippen molar-refractivity contribution in [3.05, 3.63) is 84.1 Å². The Balaban J connectivity index is 1.82. The molecule has 1 saturated carbocycles. The number of carbonyl (C=O) groups is 2. The number of hydrogen-bond acceptors (Lipinski definition) is 4. The number of ether oxygens (including phenoxy) is 1. The van der Waals surface area contributed by atoms with Crippen molar-refractivity contribution in [1.82, 2.24) is 5.32 Å². The first-order chi connectivity index (χ1) is 15.6.